The number of anilines is 1. The Hall–Kier alpha value is -3.74. The lowest BCUT2D eigenvalue weighted by Crippen LogP contribution is -2.35. The van der Waals surface area contributed by atoms with Crippen LogP contribution in [0.1, 0.15) is 12.1 Å². The van der Waals surface area contributed by atoms with Crippen LogP contribution in [0.3, 0.4) is 0 Å². The third kappa shape index (κ3) is 4.02. The smallest absolute Gasteiger partial charge is 0.243 e. The van der Waals surface area contributed by atoms with Crippen molar-refractivity contribution in [3.8, 4) is 17.5 Å². The lowest BCUT2D eigenvalue weighted by molar-refractivity contribution is 0.432. The van der Waals surface area contributed by atoms with Crippen molar-refractivity contribution in [2.75, 3.05) is 31.1 Å². The molecule has 1 aliphatic rings. The fourth-order valence-electron chi connectivity index (χ4n) is 4.24. The number of aromatic nitrogens is 1. The van der Waals surface area contributed by atoms with Gasteiger partial charge in [0.15, 0.2) is 0 Å². The van der Waals surface area contributed by atoms with E-state index in [0.717, 1.165) is 22.4 Å². The number of hydrogen-bond acceptors (Lipinski definition) is 6. The Morgan fingerprint density at radius 3 is 2.59 bits per heavy atom. The van der Waals surface area contributed by atoms with E-state index in [1.807, 2.05) is 47.4 Å². The zero-order valence-corrected chi connectivity index (χ0v) is 19.0. The molecular formula is C25H21FN4O3S. The van der Waals surface area contributed by atoms with Crippen LogP contribution in [0.15, 0.2) is 76.0 Å². The van der Waals surface area contributed by atoms with Gasteiger partial charge in [-0.15, -0.1) is 0 Å². The van der Waals surface area contributed by atoms with Crippen molar-refractivity contribution in [3.05, 3.63) is 78.2 Å². The van der Waals surface area contributed by atoms with E-state index >= 15 is 0 Å². The monoisotopic (exact) mass is 476 g/mol. The van der Waals surface area contributed by atoms with Gasteiger partial charge in [0.1, 0.15) is 11.9 Å². The van der Waals surface area contributed by atoms with Crippen LogP contribution in [0, 0.1) is 17.1 Å². The summed E-state index contributed by atoms with van der Waals surface area (Å²) in [6.07, 6.45) is 0.518. The van der Waals surface area contributed by atoms with Crippen molar-refractivity contribution in [2.45, 2.75) is 11.3 Å². The Morgan fingerprint density at radius 1 is 0.971 bits per heavy atom. The van der Waals surface area contributed by atoms with Crippen LogP contribution in [0.4, 0.5) is 10.3 Å². The predicted molar refractivity (Wildman–Crippen MR) is 126 cm³/mol. The van der Waals surface area contributed by atoms with Crippen LogP contribution < -0.4 is 4.90 Å². The molecule has 172 valence electrons. The first kappa shape index (κ1) is 22.1. The molecule has 0 N–H and O–H groups in total. The lowest BCUT2D eigenvalue weighted by atomic mass is 10.0. The van der Waals surface area contributed by atoms with Gasteiger partial charge in [0.25, 0.3) is 0 Å². The summed E-state index contributed by atoms with van der Waals surface area (Å²) in [6, 6.07) is 20.8. The molecule has 4 aromatic rings. The molecule has 1 saturated heterocycles. The van der Waals surface area contributed by atoms with E-state index in [0.29, 0.717) is 31.3 Å². The number of sulfonamides is 1. The van der Waals surface area contributed by atoms with Crippen LogP contribution in [0.2, 0.25) is 0 Å². The molecule has 0 saturated carbocycles. The van der Waals surface area contributed by atoms with E-state index in [-0.39, 0.29) is 23.7 Å². The number of benzene rings is 3. The Balaban J connectivity index is 1.43. The van der Waals surface area contributed by atoms with Gasteiger partial charge in [-0.3, -0.25) is 0 Å². The maximum atomic E-state index is 13.6. The molecule has 5 rings (SSSR count). The molecule has 0 spiro atoms. The number of rotatable bonds is 4. The molecular weight excluding hydrogens is 455 g/mol. The maximum absolute atomic E-state index is 13.6. The predicted octanol–water partition coefficient (Wildman–Crippen LogP) is 4.41. The summed E-state index contributed by atoms with van der Waals surface area (Å²) >= 11 is 0. The van der Waals surface area contributed by atoms with Gasteiger partial charge < -0.3 is 9.32 Å². The molecule has 3 aromatic carbocycles. The molecule has 9 heteroatoms. The van der Waals surface area contributed by atoms with Gasteiger partial charge >= 0.3 is 0 Å². The largest absolute Gasteiger partial charge is 0.419 e. The number of hydrogen-bond donors (Lipinski definition) is 0. The third-order valence-electron chi connectivity index (χ3n) is 5.91. The lowest BCUT2D eigenvalue weighted by Gasteiger charge is -2.21. The Bertz CT molecular complexity index is 1500. The van der Waals surface area contributed by atoms with Crippen LogP contribution in [0.5, 0.6) is 0 Å². The average Bonchev–Trinajstić information content (AvgIpc) is 3.12. The van der Waals surface area contributed by atoms with Crippen molar-refractivity contribution in [1.29, 1.82) is 5.26 Å². The van der Waals surface area contributed by atoms with Crippen molar-refractivity contribution >= 4 is 26.7 Å². The molecule has 7 nitrogen and oxygen atoms in total. The first-order valence-corrected chi connectivity index (χ1v) is 12.3. The van der Waals surface area contributed by atoms with E-state index < -0.39 is 15.8 Å². The molecule has 1 aliphatic heterocycles. The third-order valence-corrected chi connectivity index (χ3v) is 7.81. The molecule has 34 heavy (non-hydrogen) atoms. The van der Waals surface area contributed by atoms with Gasteiger partial charge in [0.05, 0.1) is 4.90 Å². The second-order valence-electron chi connectivity index (χ2n) is 8.01. The second-order valence-corrected chi connectivity index (χ2v) is 9.95. The number of halogens is 1. The first-order valence-electron chi connectivity index (χ1n) is 10.9. The van der Waals surface area contributed by atoms with Gasteiger partial charge in [-0.1, -0.05) is 42.5 Å². The summed E-state index contributed by atoms with van der Waals surface area (Å²) in [7, 11) is -3.84. The summed E-state index contributed by atoms with van der Waals surface area (Å²) in [5, 5.41) is 11.7. The van der Waals surface area contributed by atoms with E-state index in [1.54, 1.807) is 0 Å². The quantitative estimate of drug-likeness (QED) is 0.434. The topological polar surface area (TPSA) is 90.4 Å². The number of fused-ring (bicyclic) bond motifs is 1. The first-order chi connectivity index (χ1) is 16.5. The van der Waals surface area contributed by atoms with Crippen LogP contribution in [0.25, 0.3) is 22.2 Å². The minimum Gasteiger partial charge on any atom is -0.419 e. The summed E-state index contributed by atoms with van der Waals surface area (Å²) in [4.78, 5) is 6.21. The highest BCUT2D eigenvalue weighted by Gasteiger charge is 2.29. The molecule has 0 unspecified atom stereocenters. The van der Waals surface area contributed by atoms with Gasteiger partial charge in [-0.25, -0.2) is 12.8 Å². The molecule has 0 radical (unpaired) electrons. The minimum absolute atomic E-state index is 0.0726. The minimum atomic E-state index is -3.84. The molecule has 2 heterocycles. The summed E-state index contributed by atoms with van der Waals surface area (Å²) in [6.45, 7) is 1.26. The van der Waals surface area contributed by atoms with Crippen LogP contribution in [-0.2, 0) is 10.0 Å². The number of nitrogens with zero attached hydrogens (tertiary/aromatic N) is 4. The highest BCUT2D eigenvalue weighted by Crippen LogP contribution is 2.33. The highest BCUT2D eigenvalue weighted by atomic mass is 32.2. The number of nitriles is 1. The van der Waals surface area contributed by atoms with Crippen molar-refractivity contribution in [1.82, 2.24) is 9.29 Å². The fraction of sp³-hybridized carbons (Fsp3) is 0.200. The molecule has 0 atom stereocenters. The molecule has 1 aromatic heterocycles. The summed E-state index contributed by atoms with van der Waals surface area (Å²) in [5.74, 6) is 0.0751. The molecule has 1 fully saturated rings. The van der Waals surface area contributed by atoms with Gasteiger partial charge in [0, 0.05) is 31.7 Å². The Kier molecular flexibility index (Phi) is 5.77. The normalized spacial score (nSPS) is 15.2. The van der Waals surface area contributed by atoms with Crippen molar-refractivity contribution in [3.63, 3.8) is 0 Å². The average molecular weight is 477 g/mol. The van der Waals surface area contributed by atoms with Crippen LogP contribution >= 0.6 is 0 Å². The van der Waals surface area contributed by atoms with Gasteiger partial charge in [-0.05, 0) is 41.5 Å². The molecule has 0 amide bonds. The molecule has 0 aliphatic carbocycles. The highest BCUT2D eigenvalue weighted by molar-refractivity contribution is 7.89. The fourth-order valence-corrected chi connectivity index (χ4v) is 5.74. The summed E-state index contributed by atoms with van der Waals surface area (Å²) < 4.78 is 47.1. The van der Waals surface area contributed by atoms with Crippen molar-refractivity contribution < 1.29 is 17.2 Å². The number of oxazole rings is 1. The standard InChI is InChI=1S/C25H21FN4O3S/c26-19-8-4-9-20(16-19)34(31,32)30-13-5-12-29(14-15-30)25-23(17-27)28-24(33-25)22-11-3-7-18-6-1-2-10-21(18)22/h1-4,6-11,16H,5,12-15H2. The second kappa shape index (κ2) is 8.89. The molecule has 0 bridgehead atoms. The maximum Gasteiger partial charge on any atom is 0.243 e. The van der Waals surface area contributed by atoms with E-state index in [4.69, 9.17) is 4.42 Å². The Morgan fingerprint density at radius 2 is 1.76 bits per heavy atom. The SMILES string of the molecule is N#Cc1nc(-c2cccc3ccccc23)oc1N1CCCN(S(=O)(=O)c2cccc(F)c2)CC1. The van der Waals surface area contributed by atoms with E-state index in [1.165, 1.54) is 22.5 Å². The van der Waals surface area contributed by atoms with Gasteiger partial charge in [0.2, 0.25) is 27.5 Å². The van der Waals surface area contributed by atoms with E-state index in [2.05, 4.69) is 11.1 Å². The summed E-state index contributed by atoms with van der Waals surface area (Å²) in [5.41, 5.74) is 0.940. The Labute approximate surface area is 196 Å². The zero-order valence-electron chi connectivity index (χ0n) is 18.2. The van der Waals surface area contributed by atoms with Crippen molar-refractivity contribution in [2.24, 2.45) is 0 Å². The zero-order chi connectivity index (χ0) is 23.7. The van der Waals surface area contributed by atoms with Gasteiger partial charge in [-0.2, -0.15) is 14.6 Å². The van der Waals surface area contributed by atoms with Crippen LogP contribution in [-0.4, -0.2) is 43.9 Å². The van der Waals surface area contributed by atoms with E-state index in [9.17, 15) is 18.1 Å².